The van der Waals surface area contributed by atoms with E-state index in [2.05, 4.69) is 39.9 Å². The molecule has 0 fully saturated rings. The predicted molar refractivity (Wildman–Crippen MR) is 89.4 cm³/mol. The minimum Gasteiger partial charge on any atom is -0.381 e. The second kappa shape index (κ2) is 8.26. The van der Waals surface area contributed by atoms with Crippen molar-refractivity contribution in [2.45, 2.75) is 58.4 Å². The lowest BCUT2D eigenvalue weighted by Gasteiger charge is -2.30. The molecule has 0 saturated heterocycles. The molecule has 2 heterocycles. The zero-order valence-electron chi connectivity index (χ0n) is 14.8. The van der Waals surface area contributed by atoms with Gasteiger partial charge in [0.25, 0.3) is 0 Å². The molecule has 2 aromatic heterocycles. The Balaban J connectivity index is 2.45. The van der Waals surface area contributed by atoms with E-state index in [0.717, 1.165) is 31.2 Å². The first-order chi connectivity index (χ1) is 11.2. The Kier molecular flexibility index (Phi) is 6.36. The Labute approximate surface area is 138 Å². The van der Waals surface area contributed by atoms with Gasteiger partial charge in [-0.1, -0.05) is 6.92 Å². The molecular weight excluding hydrogens is 292 g/mol. The van der Waals surface area contributed by atoms with Gasteiger partial charge in [-0.3, -0.25) is 0 Å². The molecule has 3 atom stereocenters. The van der Waals surface area contributed by atoms with E-state index in [4.69, 9.17) is 9.47 Å². The molecule has 0 N–H and O–H groups in total. The fraction of sp³-hybridized carbons (Fsp3) is 0.647. The van der Waals surface area contributed by atoms with Gasteiger partial charge in [0.1, 0.15) is 17.8 Å². The number of ether oxygens (including phenoxy) is 2. The quantitative estimate of drug-likeness (QED) is 0.713. The van der Waals surface area contributed by atoms with Gasteiger partial charge >= 0.3 is 0 Å². The van der Waals surface area contributed by atoms with Crippen LogP contribution in [-0.4, -0.2) is 39.4 Å². The third-order valence-electron chi connectivity index (χ3n) is 4.31. The first-order valence-corrected chi connectivity index (χ1v) is 8.25. The van der Waals surface area contributed by atoms with Crippen LogP contribution in [0.4, 0.5) is 0 Å². The first kappa shape index (κ1) is 17.7. The third-order valence-corrected chi connectivity index (χ3v) is 4.31. The molecule has 0 amide bonds. The highest BCUT2D eigenvalue weighted by Crippen LogP contribution is 2.36. The van der Waals surface area contributed by atoms with Crippen molar-refractivity contribution in [3.63, 3.8) is 0 Å². The maximum atomic E-state index is 5.87. The van der Waals surface area contributed by atoms with Crippen molar-refractivity contribution < 1.29 is 9.47 Å². The summed E-state index contributed by atoms with van der Waals surface area (Å²) in [5, 5.41) is 0. The van der Waals surface area contributed by atoms with Crippen LogP contribution in [0.2, 0.25) is 0 Å². The molecule has 0 aliphatic heterocycles. The van der Waals surface area contributed by atoms with Crippen molar-refractivity contribution in [2.24, 2.45) is 0 Å². The van der Waals surface area contributed by atoms with Crippen LogP contribution in [-0.2, 0) is 22.6 Å². The molecule has 0 bridgehead atoms. The summed E-state index contributed by atoms with van der Waals surface area (Å²) >= 11 is 0. The molecule has 0 radical (unpaired) electrons. The van der Waals surface area contributed by atoms with Crippen LogP contribution in [0.5, 0.6) is 0 Å². The lowest BCUT2D eigenvalue weighted by atomic mass is 9.94. The number of aromatic nitrogens is 4. The number of hydrogen-bond donors (Lipinski definition) is 0. The Morgan fingerprint density at radius 2 is 1.65 bits per heavy atom. The van der Waals surface area contributed by atoms with E-state index < -0.39 is 0 Å². The normalized spacial score (nSPS) is 15.5. The van der Waals surface area contributed by atoms with Crippen molar-refractivity contribution in [1.29, 1.82) is 0 Å². The van der Waals surface area contributed by atoms with Crippen LogP contribution in [0.25, 0.3) is 0 Å². The maximum Gasteiger partial charge on any atom is 0.138 e. The number of hydrogen-bond acceptors (Lipinski definition) is 4. The Morgan fingerprint density at radius 1 is 1.00 bits per heavy atom. The van der Waals surface area contributed by atoms with E-state index in [1.165, 1.54) is 0 Å². The van der Waals surface area contributed by atoms with Crippen LogP contribution in [0.3, 0.4) is 0 Å². The summed E-state index contributed by atoms with van der Waals surface area (Å²) in [5.74, 6) is 1.87. The summed E-state index contributed by atoms with van der Waals surface area (Å²) in [4.78, 5) is 9.13. The number of methoxy groups -OCH3 is 2. The molecule has 0 saturated carbocycles. The summed E-state index contributed by atoms with van der Waals surface area (Å²) in [6.45, 7) is 8.11. The number of rotatable bonds is 9. The van der Waals surface area contributed by atoms with Gasteiger partial charge in [-0.25, -0.2) is 9.97 Å². The highest BCUT2D eigenvalue weighted by atomic mass is 16.5. The molecule has 2 aromatic rings. The number of nitrogens with zero attached hydrogens (tertiary/aromatic N) is 4. The van der Waals surface area contributed by atoms with Gasteiger partial charge in [-0.05, 0) is 20.3 Å². The SMILES string of the molecule is CCCn1ccnc1C(OC)C(c1nccn1CC)C(C)OC. The highest BCUT2D eigenvalue weighted by Gasteiger charge is 2.35. The smallest absolute Gasteiger partial charge is 0.138 e. The van der Waals surface area contributed by atoms with Gasteiger partial charge in [-0.15, -0.1) is 0 Å². The molecule has 3 unspecified atom stereocenters. The van der Waals surface area contributed by atoms with Crippen molar-refractivity contribution in [1.82, 2.24) is 19.1 Å². The van der Waals surface area contributed by atoms with Crippen LogP contribution in [0.1, 0.15) is 50.9 Å². The van der Waals surface area contributed by atoms with Crippen LogP contribution in [0, 0.1) is 0 Å². The summed E-state index contributed by atoms with van der Waals surface area (Å²) in [5.41, 5.74) is 0. The molecule has 0 aliphatic carbocycles. The minimum absolute atomic E-state index is 0.0297. The standard InChI is InChI=1S/C17H28N4O2/c1-6-10-21-12-9-19-17(21)15(23-5)14(13(3)22-4)16-18-8-11-20(16)7-2/h8-9,11-15H,6-7,10H2,1-5H3. The van der Waals surface area contributed by atoms with E-state index in [1.54, 1.807) is 14.2 Å². The van der Waals surface area contributed by atoms with Crippen molar-refractivity contribution in [3.8, 4) is 0 Å². The minimum atomic E-state index is -0.209. The fourth-order valence-electron chi connectivity index (χ4n) is 3.04. The lowest BCUT2D eigenvalue weighted by Crippen LogP contribution is -2.30. The van der Waals surface area contributed by atoms with E-state index in [9.17, 15) is 0 Å². The molecule has 6 heteroatoms. The van der Waals surface area contributed by atoms with Crippen molar-refractivity contribution in [2.75, 3.05) is 14.2 Å². The number of aryl methyl sites for hydroxylation is 2. The van der Waals surface area contributed by atoms with Gasteiger partial charge in [-0.2, -0.15) is 0 Å². The monoisotopic (exact) mass is 320 g/mol. The van der Waals surface area contributed by atoms with Gasteiger partial charge in [0.2, 0.25) is 0 Å². The molecule has 23 heavy (non-hydrogen) atoms. The molecule has 2 rings (SSSR count). The maximum absolute atomic E-state index is 5.87. The second-order valence-electron chi connectivity index (χ2n) is 5.67. The molecule has 0 aliphatic rings. The average Bonchev–Trinajstić information content (AvgIpc) is 3.21. The van der Waals surface area contributed by atoms with Gasteiger partial charge in [0, 0.05) is 52.1 Å². The zero-order valence-corrected chi connectivity index (χ0v) is 14.8. The molecule has 0 aromatic carbocycles. The molecule has 0 spiro atoms. The van der Waals surface area contributed by atoms with Crippen LogP contribution < -0.4 is 0 Å². The van der Waals surface area contributed by atoms with E-state index in [0.29, 0.717) is 0 Å². The van der Waals surface area contributed by atoms with E-state index in [-0.39, 0.29) is 18.1 Å². The Hall–Kier alpha value is -1.66. The topological polar surface area (TPSA) is 54.1 Å². The first-order valence-electron chi connectivity index (χ1n) is 8.25. The van der Waals surface area contributed by atoms with E-state index >= 15 is 0 Å². The molecule has 6 nitrogen and oxygen atoms in total. The van der Waals surface area contributed by atoms with Crippen LogP contribution >= 0.6 is 0 Å². The average molecular weight is 320 g/mol. The van der Waals surface area contributed by atoms with Gasteiger partial charge in [0.15, 0.2) is 0 Å². The largest absolute Gasteiger partial charge is 0.381 e. The van der Waals surface area contributed by atoms with Crippen molar-refractivity contribution >= 4 is 0 Å². The predicted octanol–water partition coefficient (Wildman–Crippen LogP) is 3.02. The summed E-state index contributed by atoms with van der Waals surface area (Å²) in [6, 6.07) is 0. The highest BCUT2D eigenvalue weighted by molar-refractivity contribution is 5.12. The third kappa shape index (κ3) is 3.64. The number of imidazole rings is 2. The van der Waals surface area contributed by atoms with Crippen molar-refractivity contribution in [3.05, 3.63) is 36.4 Å². The van der Waals surface area contributed by atoms with Gasteiger partial charge < -0.3 is 18.6 Å². The molecular formula is C17H28N4O2. The zero-order chi connectivity index (χ0) is 16.8. The Morgan fingerprint density at radius 3 is 2.22 bits per heavy atom. The summed E-state index contributed by atoms with van der Waals surface area (Å²) in [7, 11) is 3.45. The second-order valence-corrected chi connectivity index (χ2v) is 5.67. The fourth-order valence-corrected chi connectivity index (χ4v) is 3.04. The summed E-state index contributed by atoms with van der Waals surface area (Å²) < 4.78 is 15.8. The van der Waals surface area contributed by atoms with Gasteiger partial charge in [0.05, 0.1) is 12.0 Å². The Bertz CT molecular complexity index is 593. The summed E-state index contributed by atoms with van der Waals surface area (Å²) in [6.07, 6.45) is 8.46. The van der Waals surface area contributed by atoms with Crippen LogP contribution in [0.15, 0.2) is 24.8 Å². The lowest BCUT2D eigenvalue weighted by molar-refractivity contribution is -0.00297. The molecule has 128 valence electrons. The van der Waals surface area contributed by atoms with E-state index in [1.807, 2.05) is 24.8 Å².